The average molecular weight is 223 g/mol. The van der Waals surface area contributed by atoms with Gasteiger partial charge >= 0.3 is 0 Å². The molecule has 88 valence electrons. The summed E-state index contributed by atoms with van der Waals surface area (Å²) in [4.78, 5) is 4.08. The lowest BCUT2D eigenvalue weighted by Crippen LogP contribution is -2.23. The highest BCUT2D eigenvalue weighted by molar-refractivity contribution is 5.92. The highest BCUT2D eigenvalue weighted by Crippen LogP contribution is 2.14. The molecule has 0 saturated carbocycles. The highest BCUT2D eigenvalue weighted by atomic mass is 16.5. The molecule has 3 N–H and O–H groups in total. The molecule has 0 fully saturated rings. The van der Waals surface area contributed by atoms with Gasteiger partial charge in [-0.15, -0.1) is 0 Å². The third-order valence-corrected chi connectivity index (χ3v) is 1.94. The minimum Gasteiger partial charge on any atom is -0.497 e. The van der Waals surface area contributed by atoms with E-state index in [1.54, 1.807) is 14.2 Å². The van der Waals surface area contributed by atoms with Gasteiger partial charge in [-0.2, -0.15) is 0 Å². The van der Waals surface area contributed by atoms with E-state index in [0.717, 1.165) is 11.4 Å². The van der Waals surface area contributed by atoms with E-state index in [2.05, 4.69) is 10.3 Å². The van der Waals surface area contributed by atoms with Crippen LogP contribution < -0.4 is 15.8 Å². The molecule has 5 heteroatoms. The third-order valence-electron chi connectivity index (χ3n) is 1.94. The first kappa shape index (κ1) is 12.3. The zero-order valence-electron chi connectivity index (χ0n) is 9.56. The van der Waals surface area contributed by atoms with Crippen molar-refractivity contribution in [3.8, 4) is 5.75 Å². The average Bonchev–Trinajstić information content (AvgIpc) is 2.30. The largest absolute Gasteiger partial charge is 0.497 e. The van der Waals surface area contributed by atoms with E-state index < -0.39 is 0 Å². The SMILES string of the molecule is COCCN=C(N)Nc1ccc(OC)cc1. The number of hydrogen-bond acceptors (Lipinski definition) is 3. The van der Waals surface area contributed by atoms with E-state index in [1.165, 1.54) is 0 Å². The number of nitrogens with zero attached hydrogens (tertiary/aromatic N) is 1. The van der Waals surface area contributed by atoms with Crippen molar-refractivity contribution in [1.29, 1.82) is 0 Å². The van der Waals surface area contributed by atoms with Gasteiger partial charge < -0.3 is 20.5 Å². The van der Waals surface area contributed by atoms with E-state index in [9.17, 15) is 0 Å². The van der Waals surface area contributed by atoms with E-state index in [1.807, 2.05) is 24.3 Å². The monoisotopic (exact) mass is 223 g/mol. The lowest BCUT2D eigenvalue weighted by Gasteiger charge is -2.06. The van der Waals surface area contributed by atoms with Crippen molar-refractivity contribution in [1.82, 2.24) is 0 Å². The number of anilines is 1. The molecule has 0 atom stereocenters. The lowest BCUT2D eigenvalue weighted by atomic mass is 10.3. The normalized spacial score (nSPS) is 11.2. The van der Waals surface area contributed by atoms with Gasteiger partial charge in [-0.05, 0) is 24.3 Å². The number of ether oxygens (including phenoxy) is 2. The Balaban J connectivity index is 2.49. The summed E-state index contributed by atoms with van der Waals surface area (Å²) < 4.78 is 9.91. The van der Waals surface area contributed by atoms with E-state index in [0.29, 0.717) is 19.1 Å². The van der Waals surface area contributed by atoms with Crippen LogP contribution in [0, 0.1) is 0 Å². The van der Waals surface area contributed by atoms with Gasteiger partial charge in [0, 0.05) is 12.8 Å². The van der Waals surface area contributed by atoms with Crippen LogP contribution in [0.3, 0.4) is 0 Å². The molecule has 0 amide bonds. The third kappa shape index (κ3) is 4.18. The first-order chi connectivity index (χ1) is 7.76. The standard InChI is InChI=1S/C11H17N3O2/c1-15-8-7-13-11(12)14-9-3-5-10(16-2)6-4-9/h3-6H,7-8H2,1-2H3,(H3,12,13,14). The minimum absolute atomic E-state index is 0.377. The van der Waals surface area contributed by atoms with Crippen LogP contribution in [0.2, 0.25) is 0 Å². The fourth-order valence-corrected chi connectivity index (χ4v) is 1.12. The molecule has 0 aromatic heterocycles. The van der Waals surface area contributed by atoms with Crippen molar-refractivity contribution in [2.45, 2.75) is 0 Å². The summed E-state index contributed by atoms with van der Waals surface area (Å²) in [6.45, 7) is 1.11. The van der Waals surface area contributed by atoms with E-state index in [4.69, 9.17) is 15.2 Å². The molecule has 0 radical (unpaired) electrons. The number of benzene rings is 1. The molecule has 0 aliphatic heterocycles. The van der Waals surface area contributed by atoms with E-state index in [-0.39, 0.29) is 0 Å². The molecule has 1 aromatic carbocycles. The number of nitrogens with two attached hydrogens (primary N) is 1. The zero-order chi connectivity index (χ0) is 11.8. The Kier molecular flexibility index (Phi) is 5.15. The van der Waals surface area contributed by atoms with Gasteiger partial charge in [-0.3, -0.25) is 4.99 Å². The van der Waals surface area contributed by atoms with Crippen LogP contribution in [0.15, 0.2) is 29.3 Å². The van der Waals surface area contributed by atoms with Crippen LogP contribution >= 0.6 is 0 Å². The van der Waals surface area contributed by atoms with Gasteiger partial charge in [-0.1, -0.05) is 0 Å². The molecular formula is C11H17N3O2. The molecule has 0 heterocycles. The number of rotatable bonds is 5. The summed E-state index contributed by atoms with van der Waals surface area (Å²) in [7, 11) is 3.26. The predicted octanol–water partition coefficient (Wildman–Crippen LogP) is 1.07. The van der Waals surface area contributed by atoms with Gasteiger partial charge in [-0.25, -0.2) is 0 Å². The smallest absolute Gasteiger partial charge is 0.193 e. The van der Waals surface area contributed by atoms with Gasteiger partial charge in [0.25, 0.3) is 0 Å². The summed E-state index contributed by atoms with van der Waals surface area (Å²) >= 11 is 0. The summed E-state index contributed by atoms with van der Waals surface area (Å²) in [5.74, 6) is 1.18. The number of aliphatic imine (C=N–C) groups is 1. The molecule has 0 aliphatic carbocycles. The molecule has 16 heavy (non-hydrogen) atoms. The summed E-state index contributed by atoms with van der Waals surface area (Å²) in [6.07, 6.45) is 0. The Labute approximate surface area is 95.3 Å². The van der Waals surface area contributed by atoms with E-state index >= 15 is 0 Å². The zero-order valence-corrected chi connectivity index (χ0v) is 9.56. The maximum atomic E-state index is 5.67. The summed E-state index contributed by atoms with van der Waals surface area (Å²) in [6, 6.07) is 7.45. The van der Waals surface area contributed by atoms with Gasteiger partial charge in [0.15, 0.2) is 5.96 Å². The molecule has 0 unspecified atom stereocenters. The molecule has 0 saturated heterocycles. The lowest BCUT2D eigenvalue weighted by molar-refractivity contribution is 0.208. The number of nitrogens with one attached hydrogen (secondary N) is 1. The highest BCUT2D eigenvalue weighted by Gasteiger charge is 1.95. The fraction of sp³-hybridized carbons (Fsp3) is 0.364. The molecule has 0 aliphatic rings. The van der Waals surface area contributed by atoms with Crippen LogP contribution in [0.5, 0.6) is 5.75 Å². The molecule has 5 nitrogen and oxygen atoms in total. The Morgan fingerprint density at radius 2 is 2.00 bits per heavy atom. The van der Waals surface area contributed by atoms with Crippen molar-refractivity contribution in [2.75, 3.05) is 32.7 Å². The predicted molar refractivity (Wildman–Crippen MR) is 65.0 cm³/mol. The van der Waals surface area contributed by atoms with Crippen LogP contribution in [0.4, 0.5) is 5.69 Å². The second kappa shape index (κ2) is 6.68. The van der Waals surface area contributed by atoms with Gasteiger partial charge in [0.05, 0.1) is 20.3 Å². The topological polar surface area (TPSA) is 68.9 Å². The fourth-order valence-electron chi connectivity index (χ4n) is 1.12. The number of methoxy groups -OCH3 is 2. The Bertz CT molecular complexity index is 336. The molecular weight excluding hydrogens is 206 g/mol. The van der Waals surface area contributed by atoms with Crippen LogP contribution in [-0.4, -0.2) is 33.3 Å². The summed E-state index contributed by atoms with van der Waals surface area (Å²) in [5.41, 5.74) is 6.54. The quantitative estimate of drug-likeness (QED) is 0.445. The molecule has 0 bridgehead atoms. The van der Waals surface area contributed by atoms with Crippen LogP contribution in [-0.2, 0) is 4.74 Å². The molecule has 1 aromatic rings. The maximum absolute atomic E-state index is 5.67. The van der Waals surface area contributed by atoms with Crippen molar-refractivity contribution in [3.05, 3.63) is 24.3 Å². The Morgan fingerprint density at radius 1 is 1.31 bits per heavy atom. The van der Waals surface area contributed by atoms with Crippen molar-refractivity contribution >= 4 is 11.6 Å². The first-order valence-electron chi connectivity index (χ1n) is 4.96. The maximum Gasteiger partial charge on any atom is 0.193 e. The van der Waals surface area contributed by atoms with Crippen molar-refractivity contribution in [3.63, 3.8) is 0 Å². The molecule has 0 spiro atoms. The number of guanidine groups is 1. The second-order valence-electron chi connectivity index (χ2n) is 3.11. The van der Waals surface area contributed by atoms with Crippen molar-refractivity contribution in [2.24, 2.45) is 10.7 Å². The van der Waals surface area contributed by atoms with Gasteiger partial charge in [0.1, 0.15) is 5.75 Å². The minimum atomic E-state index is 0.377. The first-order valence-corrected chi connectivity index (χ1v) is 4.96. The Morgan fingerprint density at radius 3 is 2.56 bits per heavy atom. The van der Waals surface area contributed by atoms with Crippen LogP contribution in [0.25, 0.3) is 0 Å². The van der Waals surface area contributed by atoms with Crippen LogP contribution in [0.1, 0.15) is 0 Å². The van der Waals surface area contributed by atoms with Crippen molar-refractivity contribution < 1.29 is 9.47 Å². The second-order valence-corrected chi connectivity index (χ2v) is 3.11. The van der Waals surface area contributed by atoms with Gasteiger partial charge in [0.2, 0.25) is 0 Å². The molecule has 1 rings (SSSR count). The Hall–Kier alpha value is -1.75. The number of hydrogen-bond donors (Lipinski definition) is 2. The summed E-state index contributed by atoms with van der Waals surface area (Å²) in [5, 5.41) is 2.97.